The monoisotopic (exact) mass is 285 g/mol. The first-order chi connectivity index (χ1) is 10.3. The van der Waals surface area contributed by atoms with Gasteiger partial charge in [0.2, 0.25) is 5.95 Å². The molecule has 1 aromatic heterocycles. The number of hydrogen-bond donors (Lipinski definition) is 2. The molecular formula is C16H23N5. The lowest BCUT2D eigenvalue weighted by Gasteiger charge is -2.08. The number of unbranched alkanes of at least 4 members (excludes halogenated alkanes) is 2. The van der Waals surface area contributed by atoms with Crippen molar-refractivity contribution in [2.75, 3.05) is 17.2 Å². The maximum absolute atomic E-state index is 4.41. The van der Waals surface area contributed by atoms with Crippen LogP contribution in [0.3, 0.4) is 0 Å². The van der Waals surface area contributed by atoms with Gasteiger partial charge < -0.3 is 10.6 Å². The van der Waals surface area contributed by atoms with E-state index in [1.54, 1.807) is 6.20 Å². The van der Waals surface area contributed by atoms with E-state index in [0.717, 1.165) is 25.1 Å². The van der Waals surface area contributed by atoms with Gasteiger partial charge in [-0.25, -0.2) is 0 Å². The zero-order valence-electron chi connectivity index (χ0n) is 12.8. The van der Waals surface area contributed by atoms with Crippen LogP contribution in [0.1, 0.15) is 38.7 Å². The molecule has 0 fully saturated rings. The first-order valence-corrected chi connectivity index (χ1v) is 7.61. The van der Waals surface area contributed by atoms with Crippen LogP contribution in [-0.2, 0) is 6.42 Å². The number of benzene rings is 1. The number of rotatable bonds is 8. The number of anilines is 3. The summed E-state index contributed by atoms with van der Waals surface area (Å²) < 4.78 is 0. The third-order valence-corrected chi connectivity index (χ3v) is 3.26. The van der Waals surface area contributed by atoms with Gasteiger partial charge in [-0.2, -0.15) is 10.1 Å². The molecule has 2 aromatic rings. The molecule has 0 unspecified atom stereocenters. The van der Waals surface area contributed by atoms with E-state index in [1.807, 2.05) is 0 Å². The van der Waals surface area contributed by atoms with E-state index in [0.29, 0.717) is 11.8 Å². The van der Waals surface area contributed by atoms with Crippen molar-refractivity contribution < 1.29 is 0 Å². The highest BCUT2D eigenvalue weighted by Gasteiger charge is 2.01. The maximum Gasteiger partial charge on any atom is 0.244 e. The predicted octanol–water partition coefficient (Wildman–Crippen LogP) is 3.78. The van der Waals surface area contributed by atoms with Crippen LogP contribution < -0.4 is 10.6 Å². The second kappa shape index (κ2) is 8.19. The second-order valence-electron chi connectivity index (χ2n) is 4.97. The zero-order valence-corrected chi connectivity index (χ0v) is 12.8. The quantitative estimate of drug-likeness (QED) is 0.723. The first kappa shape index (κ1) is 15.2. The minimum absolute atomic E-state index is 0.571. The van der Waals surface area contributed by atoms with Crippen molar-refractivity contribution in [1.29, 1.82) is 0 Å². The lowest BCUT2D eigenvalue weighted by Crippen LogP contribution is -2.07. The molecule has 0 spiro atoms. The summed E-state index contributed by atoms with van der Waals surface area (Å²) in [5, 5.41) is 14.4. The Bertz CT molecular complexity index is 539. The number of aromatic nitrogens is 3. The fourth-order valence-electron chi connectivity index (χ4n) is 1.99. The van der Waals surface area contributed by atoms with Gasteiger partial charge in [-0.05, 0) is 30.5 Å². The number of aryl methyl sites for hydroxylation is 1. The fourth-order valence-corrected chi connectivity index (χ4v) is 1.99. The Balaban J connectivity index is 1.93. The van der Waals surface area contributed by atoms with Gasteiger partial charge in [0, 0.05) is 12.2 Å². The molecule has 2 N–H and O–H groups in total. The normalized spacial score (nSPS) is 10.4. The zero-order chi connectivity index (χ0) is 14.9. The van der Waals surface area contributed by atoms with Gasteiger partial charge in [0.1, 0.15) is 0 Å². The molecule has 0 atom stereocenters. The van der Waals surface area contributed by atoms with E-state index in [1.165, 1.54) is 18.4 Å². The minimum Gasteiger partial charge on any atom is -0.353 e. The first-order valence-electron chi connectivity index (χ1n) is 7.61. The Hall–Kier alpha value is -2.17. The molecule has 2 rings (SSSR count). The van der Waals surface area contributed by atoms with Crippen molar-refractivity contribution in [2.45, 2.75) is 39.5 Å². The molecule has 1 aromatic carbocycles. The third-order valence-electron chi connectivity index (χ3n) is 3.26. The standard InChI is InChI=1S/C16H23N5/c1-3-5-6-11-17-16-20-15(12-18-21-16)19-14-9-7-13(4-2)8-10-14/h7-10,12H,3-6,11H2,1-2H3,(H2,17,19,20,21). The minimum atomic E-state index is 0.571. The molecule has 112 valence electrons. The summed E-state index contributed by atoms with van der Waals surface area (Å²) >= 11 is 0. The lowest BCUT2D eigenvalue weighted by molar-refractivity contribution is 0.738. The summed E-state index contributed by atoms with van der Waals surface area (Å²) in [5.74, 6) is 1.27. The van der Waals surface area contributed by atoms with Gasteiger partial charge in [0.25, 0.3) is 0 Å². The summed E-state index contributed by atoms with van der Waals surface area (Å²) in [4.78, 5) is 4.41. The van der Waals surface area contributed by atoms with Crippen LogP contribution in [-0.4, -0.2) is 21.7 Å². The Kier molecular flexibility index (Phi) is 5.94. The Morgan fingerprint density at radius 1 is 1.05 bits per heavy atom. The molecule has 0 amide bonds. The van der Waals surface area contributed by atoms with E-state index >= 15 is 0 Å². The molecular weight excluding hydrogens is 262 g/mol. The van der Waals surface area contributed by atoms with Crippen LogP contribution >= 0.6 is 0 Å². The predicted molar refractivity (Wildman–Crippen MR) is 86.9 cm³/mol. The number of hydrogen-bond acceptors (Lipinski definition) is 5. The van der Waals surface area contributed by atoms with Crippen LogP contribution in [0.25, 0.3) is 0 Å². The van der Waals surface area contributed by atoms with E-state index < -0.39 is 0 Å². The fraction of sp³-hybridized carbons (Fsp3) is 0.438. The molecule has 0 radical (unpaired) electrons. The summed E-state index contributed by atoms with van der Waals surface area (Å²) in [7, 11) is 0. The van der Waals surface area contributed by atoms with E-state index in [4.69, 9.17) is 0 Å². The molecule has 1 heterocycles. The van der Waals surface area contributed by atoms with Crippen LogP contribution in [0.15, 0.2) is 30.5 Å². The van der Waals surface area contributed by atoms with Crippen LogP contribution in [0, 0.1) is 0 Å². The van der Waals surface area contributed by atoms with Crippen molar-refractivity contribution in [1.82, 2.24) is 15.2 Å². The lowest BCUT2D eigenvalue weighted by atomic mass is 10.1. The van der Waals surface area contributed by atoms with Gasteiger partial charge in [0.05, 0.1) is 6.20 Å². The van der Waals surface area contributed by atoms with Gasteiger partial charge >= 0.3 is 0 Å². The molecule has 0 bridgehead atoms. The average molecular weight is 285 g/mol. The largest absolute Gasteiger partial charge is 0.353 e. The maximum atomic E-state index is 4.41. The van der Waals surface area contributed by atoms with Gasteiger partial charge in [-0.15, -0.1) is 5.10 Å². The average Bonchev–Trinajstić information content (AvgIpc) is 2.53. The van der Waals surface area contributed by atoms with E-state index in [-0.39, 0.29) is 0 Å². The summed E-state index contributed by atoms with van der Waals surface area (Å²) in [6, 6.07) is 8.33. The summed E-state index contributed by atoms with van der Waals surface area (Å²) in [6.07, 6.45) is 6.21. The van der Waals surface area contributed by atoms with Crippen molar-refractivity contribution in [3.05, 3.63) is 36.0 Å². The molecule has 0 saturated carbocycles. The topological polar surface area (TPSA) is 62.7 Å². The summed E-state index contributed by atoms with van der Waals surface area (Å²) in [6.45, 7) is 5.21. The third kappa shape index (κ3) is 5.02. The van der Waals surface area contributed by atoms with Gasteiger partial charge in [-0.1, -0.05) is 38.8 Å². The van der Waals surface area contributed by atoms with Gasteiger partial charge in [0.15, 0.2) is 5.82 Å². The van der Waals surface area contributed by atoms with E-state index in [9.17, 15) is 0 Å². The molecule has 0 aliphatic heterocycles. The van der Waals surface area contributed by atoms with Crippen molar-refractivity contribution in [3.63, 3.8) is 0 Å². The molecule has 0 aliphatic rings. The Labute approximate surface area is 126 Å². The van der Waals surface area contributed by atoms with Crippen LogP contribution in [0.2, 0.25) is 0 Å². The molecule has 5 nitrogen and oxygen atoms in total. The van der Waals surface area contributed by atoms with Crippen molar-refractivity contribution >= 4 is 17.5 Å². The second-order valence-corrected chi connectivity index (χ2v) is 4.97. The highest BCUT2D eigenvalue weighted by atomic mass is 15.3. The number of nitrogens with zero attached hydrogens (tertiary/aromatic N) is 3. The highest BCUT2D eigenvalue weighted by Crippen LogP contribution is 2.15. The van der Waals surface area contributed by atoms with Crippen molar-refractivity contribution in [3.8, 4) is 0 Å². The van der Waals surface area contributed by atoms with Gasteiger partial charge in [-0.3, -0.25) is 0 Å². The SMILES string of the molecule is CCCCCNc1nncc(Nc2ccc(CC)cc2)n1. The molecule has 5 heteroatoms. The van der Waals surface area contributed by atoms with Crippen molar-refractivity contribution in [2.24, 2.45) is 0 Å². The van der Waals surface area contributed by atoms with Crippen LogP contribution in [0.5, 0.6) is 0 Å². The van der Waals surface area contributed by atoms with Crippen LogP contribution in [0.4, 0.5) is 17.5 Å². The Morgan fingerprint density at radius 2 is 1.86 bits per heavy atom. The molecule has 0 aliphatic carbocycles. The number of nitrogens with one attached hydrogen (secondary N) is 2. The summed E-state index contributed by atoms with van der Waals surface area (Å²) in [5.41, 5.74) is 2.32. The Morgan fingerprint density at radius 3 is 2.57 bits per heavy atom. The molecule has 21 heavy (non-hydrogen) atoms. The van der Waals surface area contributed by atoms with E-state index in [2.05, 4.69) is 63.9 Å². The highest BCUT2D eigenvalue weighted by molar-refractivity contribution is 5.56. The molecule has 0 saturated heterocycles. The smallest absolute Gasteiger partial charge is 0.244 e.